The van der Waals surface area contributed by atoms with E-state index in [-0.39, 0.29) is 30.8 Å². The second kappa shape index (κ2) is 13.7. The van der Waals surface area contributed by atoms with E-state index in [9.17, 15) is 0 Å². The number of rotatable bonds is 11. The summed E-state index contributed by atoms with van der Waals surface area (Å²) >= 11 is 0. The van der Waals surface area contributed by atoms with E-state index < -0.39 is 0 Å². The van der Waals surface area contributed by atoms with Gasteiger partial charge in [-0.25, -0.2) is 0 Å². The summed E-state index contributed by atoms with van der Waals surface area (Å²) < 4.78 is 21.4. The molecule has 1 aromatic rings. The minimum Gasteiger partial charge on any atom is -0.492 e. The van der Waals surface area contributed by atoms with E-state index in [1.165, 1.54) is 0 Å². The van der Waals surface area contributed by atoms with Gasteiger partial charge in [0.05, 0.1) is 6.54 Å². The molecule has 0 radical (unpaired) electrons. The van der Waals surface area contributed by atoms with Crippen molar-refractivity contribution in [3.8, 4) is 17.2 Å². The lowest BCUT2D eigenvalue weighted by atomic mass is 10.3. The molecule has 8 nitrogen and oxygen atoms in total. The molecule has 1 aliphatic heterocycles. The molecule has 1 heterocycles. The third kappa shape index (κ3) is 8.85. The van der Waals surface area contributed by atoms with Gasteiger partial charge in [-0.15, -0.1) is 24.0 Å². The molecule has 0 unspecified atom stereocenters. The summed E-state index contributed by atoms with van der Waals surface area (Å²) in [6.07, 6.45) is 1.04. The molecule has 1 aliphatic rings. The van der Waals surface area contributed by atoms with Gasteiger partial charge in [-0.2, -0.15) is 0 Å². The first kappa shape index (κ1) is 23.6. The number of methoxy groups -OCH3 is 1. The molecule has 2 rings (SSSR count). The Bertz CT molecular complexity index is 574. The van der Waals surface area contributed by atoms with Gasteiger partial charge in [-0.3, -0.25) is 4.99 Å². The minimum atomic E-state index is 0. The van der Waals surface area contributed by atoms with Crippen LogP contribution in [0.3, 0.4) is 0 Å². The van der Waals surface area contributed by atoms with Crippen LogP contribution in [0.5, 0.6) is 17.2 Å². The van der Waals surface area contributed by atoms with Crippen LogP contribution < -0.4 is 24.8 Å². The average molecular weight is 494 g/mol. The molecule has 0 fully saturated rings. The molecule has 0 bridgehead atoms. The number of aliphatic imine (C=N–C) groups is 1. The van der Waals surface area contributed by atoms with E-state index in [2.05, 4.69) is 27.6 Å². The number of nitrogens with zero attached hydrogens (tertiary/aromatic N) is 2. The zero-order valence-electron chi connectivity index (χ0n) is 16.3. The summed E-state index contributed by atoms with van der Waals surface area (Å²) in [6, 6.07) is 5.57. The summed E-state index contributed by atoms with van der Waals surface area (Å²) in [7, 11) is 5.59. The van der Waals surface area contributed by atoms with E-state index in [1.54, 1.807) is 14.2 Å². The Morgan fingerprint density at radius 1 is 1.15 bits per heavy atom. The van der Waals surface area contributed by atoms with Crippen molar-refractivity contribution < 1.29 is 18.9 Å². The number of fused-ring (bicyclic) bond motifs is 1. The van der Waals surface area contributed by atoms with E-state index in [0.717, 1.165) is 55.9 Å². The van der Waals surface area contributed by atoms with E-state index in [0.29, 0.717) is 13.2 Å². The van der Waals surface area contributed by atoms with E-state index in [4.69, 9.17) is 18.9 Å². The van der Waals surface area contributed by atoms with Crippen molar-refractivity contribution in [2.75, 3.05) is 67.4 Å². The number of nitrogens with one attached hydrogen (secondary N) is 2. The second-order valence-electron chi connectivity index (χ2n) is 5.94. The number of hydrogen-bond acceptors (Lipinski definition) is 6. The van der Waals surface area contributed by atoms with Crippen LogP contribution in [-0.4, -0.2) is 78.3 Å². The predicted octanol–water partition coefficient (Wildman–Crippen LogP) is 1.55. The molecule has 154 valence electrons. The molecule has 2 N–H and O–H groups in total. The van der Waals surface area contributed by atoms with Crippen molar-refractivity contribution in [2.45, 2.75) is 6.42 Å². The number of likely N-dealkylation sites (N-methyl/N-ethyl adjacent to an activating group) is 1. The Balaban J connectivity index is 0.00000364. The van der Waals surface area contributed by atoms with Crippen LogP contribution in [0, 0.1) is 0 Å². The van der Waals surface area contributed by atoms with Crippen molar-refractivity contribution in [1.29, 1.82) is 0 Å². The molecule has 27 heavy (non-hydrogen) atoms. The standard InChI is InChI=1S/C18H30N4O4.HI/c1-19-18(20-7-10-22(2)9-4-11-23-3)21-8-12-24-15-5-6-16-17(13-15)26-14-25-16;/h5-6,13H,4,7-12,14H2,1-3H3,(H2,19,20,21);1H. The van der Waals surface area contributed by atoms with Gasteiger partial charge < -0.3 is 34.5 Å². The molecular weight excluding hydrogens is 463 g/mol. The van der Waals surface area contributed by atoms with Crippen LogP contribution in [0.15, 0.2) is 23.2 Å². The fourth-order valence-electron chi connectivity index (χ4n) is 2.48. The van der Waals surface area contributed by atoms with Crippen molar-refractivity contribution in [1.82, 2.24) is 15.5 Å². The Labute approximate surface area is 178 Å². The third-order valence-electron chi connectivity index (χ3n) is 3.91. The minimum absolute atomic E-state index is 0. The SMILES string of the molecule is CN=C(NCCOc1ccc2c(c1)OCO2)NCCN(C)CCCOC.I. The van der Waals surface area contributed by atoms with Crippen molar-refractivity contribution in [3.63, 3.8) is 0 Å². The van der Waals surface area contributed by atoms with Gasteiger partial charge >= 0.3 is 0 Å². The smallest absolute Gasteiger partial charge is 0.231 e. The van der Waals surface area contributed by atoms with Crippen molar-refractivity contribution in [2.24, 2.45) is 4.99 Å². The topological polar surface area (TPSA) is 76.6 Å². The monoisotopic (exact) mass is 494 g/mol. The highest BCUT2D eigenvalue weighted by molar-refractivity contribution is 14.0. The van der Waals surface area contributed by atoms with Crippen LogP contribution in [0.1, 0.15) is 6.42 Å². The lowest BCUT2D eigenvalue weighted by molar-refractivity contribution is 0.173. The Morgan fingerprint density at radius 3 is 2.70 bits per heavy atom. The summed E-state index contributed by atoms with van der Waals surface area (Å²) in [4.78, 5) is 6.48. The summed E-state index contributed by atoms with van der Waals surface area (Å²) in [5.41, 5.74) is 0. The normalized spacial score (nSPS) is 12.7. The molecule has 0 spiro atoms. The lowest BCUT2D eigenvalue weighted by Crippen LogP contribution is -2.42. The largest absolute Gasteiger partial charge is 0.492 e. The first-order valence-corrected chi connectivity index (χ1v) is 8.87. The molecule has 9 heteroatoms. The van der Waals surface area contributed by atoms with Crippen LogP contribution in [0.25, 0.3) is 0 Å². The number of guanidine groups is 1. The van der Waals surface area contributed by atoms with Gasteiger partial charge in [-0.1, -0.05) is 0 Å². The fourth-order valence-corrected chi connectivity index (χ4v) is 2.48. The maximum absolute atomic E-state index is 5.72. The van der Waals surface area contributed by atoms with Crippen molar-refractivity contribution in [3.05, 3.63) is 18.2 Å². The Hall–Kier alpha value is -1.46. The van der Waals surface area contributed by atoms with Gasteiger partial charge in [0.1, 0.15) is 12.4 Å². The van der Waals surface area contributed by atoms with Gasteiger partial charge in [0, 0.05) is 46.5 Å². The highest BCUT2D eigenvalue weighted by Gasteiger charge is 2.13. The summed E-state index contributed by atoms with van der Waals surface area (Å²) in [6.45, 7) is 5.03. The number of halogens is 1. The first-order chi connectivity index (χ1) is 12.7. The third-order valence-corrected chi connectivity index (χ3v) is 3.91. The number of ether oxygens (including phenoxy) is 4. The fraction of sp³-hybridized carbons (Fsp3) is 0.611. The Morgan fingerprint density at radius 2 is 1.93 bits per heavy atom. The van der Waals surface area contributed by atoms with Crippen LogP contribution >= 0.6 is 24.0 Å². The lowest BCUT2D eigenvalue weighted by Gasteiger charge is -2.18. The van der Waals surface area contributed by atoms with Gasteiger partial charge in [0.25, 0.3) is 0 Å². The van der Waals surface area contributed by atoms with E-state index in [1.807, 2.05) is 18.2 Å². The zero-order chi connectivity index (χ0) is 18.6. The molecule has 0 saturated heterocycles. The number of hydrogen-bond donors (Lipinski definition) is 2. The molecule has 0 amide bonds. The molecule has 0 aromatic heterocycles. The first-order valence-electron chi connectivity index (χ1n) is 8.87. The van der Waals surface area contributed by atoms with Crippen LogP contribution in [0.4, 0.5) is 0 Å². The van der Waals surface area contributed by atoms with Crippen LogP contribution in [-0.2, 0) is 4.74 Å². The summed E-state index contributed by atoms with van der Waals surface area (Å²) in [5, 5.41) is 6.53. The molecule has 0 saturated carbocycles. The maximum Gasteiger partial charge on any atom is 0.231 e. The Kier molecular flexibility index (Phi) is 11.9. The maximum atomic E-state index is 5.72. The van der Waals surface area contributed by atoms with Crippen LogP contribution in [0.2, 0.25) is 0 Å². The van der Waals surface area contributed by atoms with Crippen molar-refractivity contribution >= 4 is 29.9 Å². The van der Waals surface area contributed by atoms with Gasteiger partial charge in [0.15, 0.2) is 17.5 Å². The van der Waals surface area contributed by atoms with E-state index >= 15 is 0 Å². The number of benzene rings is 1. The highest BCUT2D eigenvalue weighted by Crippen LogP contribution is 2.34. The van der Waals surface area contributed by atoms with Gasteiger partial charge in [-0.05, 0) is 25.6 Å². The highest BCUT2D eigenvalue weighted by atomic mass is 127. The molecular formula is C18H31IN4O4. The average Bonchev–Trinajstić information content (AvgIpc) is 3.11. The summed E-state index contributed by atoms with van der Waals surface area (Å²) in [5.74, 6) is 3.01. The molecule has 0 aliphatic carbocycles. The molecule has 0 atom stereocenters. The predicted molar refractivity (Wildman–Crippen MR) is 117 cm³/mol. The second-order valence-corrected chi connectivity index (χ2v) is 5.94. The zero-order valence-corrected chi connectivity index (χ0v) is 18.7. The molecule has 1 aromatic carbocycles. The van der Waals surface area contributed by atoms with Gasteiger partial charge in [0.2, 0.25) is 6.79 Å². The quantitative estimate of drug-likeness (QED) is 0.209.